The van der Waals surface area contributed by atoms with Crippen LogP contribution in [0.3, 0.4) is 0 Å². The summed E-state index contributed by atoms with van der Waals surface area (Å²) in [4.78, 5) is 62.0. The zero-order valence-electron chi connectivity index (χ0n) is 17.0. The van der Waals surface area contributed by atoms with Crippen LogP contribution < -0.4 is 5.32 Å². The van der Waals surface area contributed by atoms with E-state index in [2.05, 4.69) is 5.32 Å². The van der Waals surface area contributed by atoms with Crippen molar-refractivity contribution >= 4 is 34.9 Å². The van der Waals surface area contributed by atoms with Crippen LogP contribution in [0, 0.1) is 0 Å². The third-order valence-electron chi connectivity index (χ3n) is 5.03. The lowest BCUT2D eigenvalue weighted by molar-refractivity contribution is -0.114. The summed E-state index contributed by atoms with van der Waals surface area (Å²) >= 11 is 0. The highest BCUT2D eigenvalue weighted by molar-refractivity contribution is 6.30. The van der Waals surface area contributed by atoms with E-state index >= 15 is 0 Å². The number of ketones is 3. The zero-order valence-corrected chi connectivity index (χ0v) is 17.0. The molecule has 0 heterocycles. The number of Topliss-reactive ketones (excluding diaryl/α,β-unsaturated/α-hetero) is 1. The predicted molar refractivity (Wildman–Crippen MR) is 115 cm³/mol. The van der Waals surface area contributed by atoms with Crippen LogP contribution in [0.25, 0.3) is 0 Å². The molecule has 0 aliphatic heterocycles. The van der Waals surface area contributed by atoms with E-state index in [1.165, 1.54) is 43.3 Å². The maximum atomic E-state index is 13.0. The maximum Gasteiger partial charge on any atom is 0.339 e. The summed E-state index contributed by atoms with van der Waals surface area (Å²) in [7, 11) is 0. The van der Waals surface area contributed by atoms with Crippen molar-refractivity contribution in [2.75, 3.05) is 11.9 Å². The Hall–Kier alpha value is -4.39. The van der Waals surface area contributed by atoms with Crippen molar-refractivity contribution in [2.45, 2.75) is 6.92 Å². The van der Waals surface area contributed by atoms with Gasteiger partial charge < -0.3 is 10.1 Å². The zero-order chi connectivity index (χ0) is 22.8. The van der Waals surface area contributed by atoms with Crippen molar-refractivity contribution < 1.29 is 28.7 Å². The molecule has 3 aromatic carbocycles. The Bertz CT molecular complexity index is 1290. The number of carbonyl (C=O) groups is 5. The quantitative estimate of drug-likeness (QED) is 0.386. The fraction of sp³-hybridized carbons (Fsp3) is 0.0800. The van der Waals surface area contributed by atoms with E-state index in [9.17, 15) is 24.0 Å². The van der Waals surface area contributed by atoms with Crippen molar-refractivity contribution in [3.8, 4) is 0 Å². The van der Waals surface area contributed by atoms with Crippen LogP contribution >= 0.6 is 0 Å². The van der Waals surface area contributed by atoms with Crippen molar-refractivity contribution in [1.29, 1.82) is 0 Å². The number of amides is 1. The first-order valence-corrected chi connectivity index (χ1v) is 9.76. The standard InChI is InChI=1S/C25H17NO6/c1-14(27)26-16-11-9-15(10-12-16)21(28)13-32-25(31)20-8-4-7-19-22(20)24(30)18-6-3-2-5-17(18)23(19)29/h2-12H,13H2,1H3,(H,26,27). The highest BCUT2D eigenvalue weighted by atomic mass is 16.5. The Morgan fingerprint density at radius 2 is 1.41 bits per heavy atom. The average Bonchev–Trinajstić information content (AvgIpc) is 2.80. The average molecular weight is 427 g/mol. The van der Waals surface area contributed by atoms with Gasteiger partial charge in [0.1, 0.15) is 0 Å². The molecule has 0 aromatic heterocycles. The van der Waals surface area contributed by atoms with Gasteiger partial charge in [-0.3, -0.25) is 19.2 Å². The second-order valence-corrected chi connectivity index (χ2v) is 7.19. The molecule has 0 spiro atoms. The van der Waals surface area contributed by atoms with Gasteiger partial charge in [0.2, 0.25) is 5.91 Å². The number of benzene rings is 3. The molecule has 3 aromatic rings. The van der Waals surface area contributed by atoms with E-state index in [0.29, 0.717) is 11.3 Å². The van der Waals surface area contributed by atoms with Crippen molar-refractivity contribution in [3.05, 3.63) is 100 Å². The van der Waals surface area contributed by atoms with Crippen molar-refractivity contribution in [3.63, 3.8) is 0 Å². The second kappa shape index (κ2) is 8.39. The monoisotopic (exact) mass is 427 g/mol. The Labute approximate surface area is 183 Å². The van der Waals surface area contributed by atoms with E-state index in [1.54, 1.807) is 30.3 Å². The minimum atomic E-state index is -0.870. The predicted octanol–water partition coefficient (Wildman–Crippen LogP) is 3.46. The third kappa shape index (κ3) is 3.83. The normalized spacial score (nSPS) is 11.9. The molecule has 1 aliphatic carbocycles. The number of hydrogen-bond acceptors (Lipinski definition) is 6. The smallest absolute Gasteiger partial charge is 0.339 e. The molecule has 158 valence electrons. The lowest BCUT2D eigenvalue weighted by atomic mass is 9.82. The number of anilines is 1. The van der Waals surface area contributed by atoms with Crippen LogP contribution in [0.4, 0.5) is 5.69 Å². The van der Waals surface area contributed by atoms with Gasteiger partial charge >= 0.3 is 5.97 Å². The van der Waals surface area contributed by atoms with E-state index in [4.69, 9.17) is 4.74 Å². The summed E-state index contributed by atoms with van der Waals surface area (Å²) in [5.74, 6) is -2.35. The van der Waals surface area contributed by atoms with Crippen molar-refractivity contribution in [2.24, 2.45) is 0 Å². The number of ether oxygens (including phenoxy) is 1. The summed E-state index contributed by atoms with van der Waals surface area (Å²) < 4.78 is 5.15. The molecule has 0 unspecified atom stereocenters. The molecule has 7 heteroatoms. The van der Waals surface area contributed by atoms with Gasteiger partial charge in [-0.1, -0.05) is 36.4 Å². The van der Waals surface area contributed by atoms with Gasteiger partial charge in [0.05, 0.1) is 5.56 Å². The number of rotatable bonds is 5. The molecule has 0 saturated heterocycles. The molecule has 7 nitrogen and oxygen atoms in total. The van der Waals surface area contributed by atoms with Crippen LogP contribution in [0.15, 0.2) is 66.7 Å². The molecule has 0 radical (unpaired) electrons. The lowest BCUT2D eigenvalue weighted by Crippen LogP contribution is -2.25. The summed E-state index contributed by atoms with van der Waals surface area (Å²) in [6.45, 7) is 0.832. The number of fused-ring (bicyclic) bond motifs is 2. The van der Waals surface area contributed by atoms with E-state index < -0.39 is 24.1 Å². The Morgan fingerprint density at radius 3 is 2.06 bits per heavy atom. The summed E-state index contributed by atoms with van der Waals surface area (Å²) in [6, 6.07) is 16.9. The van der Waals surface area contributed by atoms with Crippen LogP contribution in [0.2, 0.25) is 0 Å². The van der Waals surface area contributed by atoms with Crippen LogP contribution in [0.5, 0.6) is 0 Å². The van der Waals surface area contributed by atoms with E-state index in [1.807, 2.05) is 0 Å². The molecule has 32 heavy (non-hydrogen) atoms. The number of esters is 1. The minimum Gasteiger partial charge on any atom is -0.454 e. The van der Waals surface area contributed by atoms with E-state index in [0.717, 1.165) is 0 Å². The first-order chi connectivity index (χ1) is 15.4. The molecule has 0 saturated carbocycles. The Morgan fingerprint density at radius 1 is 0.781 bits per heavy atom. The highest BCUT2D eigenvalue weighted by Gasteiger charge is 2.33. The minimum absolute atomic E-state index is 0.0201. The van der Waals surface area contributed by atoms with Crippen LogP contribution in [-0.2, 0) is 9.53 Å². The maximum absolute atomic E-state index is 13.0. The lowest BCUT2D eigenvalue weighted by Gasteiger charge is -2.19. The summed E-state index contributed by atoms with van der Waals surface area (Å²) in [5.41, 5.74) is 1.38. The Balaban J connectivity index is 1.53. The largest absolute Gasteiger partial charge is 0.454 e. The SMILES string of the molecule is CC(=O)Nc1ccc(C(=O)COC(=O)c2cccc3c2C(=O)c2ccccc2C3=O)cc1. The Kier molecular flexibility index (Phi) is 5.47. The molecule has 0 bridgehead atoms. The molecule has 1 amide bonds. The van der Waals surface area contributed by atoms with Gasteiger partial charge in [0.15, 0.2) is 24.0 Å². The van der Waals surface area contributed by atoms with Crippen LogP contribution in [0.1, 0.15) is 59.5 Å². The summed E-state index contributed by atoms with van der Waals surface area (Å²) in [6.07, 6.45) is 0. The second-order valence-electron chi connectivity index (χ2n) is 7.19. The summed E-state index contributed by atoms with van der Waals surface area (Å²) in [5, 5.41) is 2.59. The molecule has 0 fully saturated rings. The van der Waals surface area contributed by atoms with Crippen molar-refractivity contribution in [1.82, 2.24) is 0 Å². The fourth-order valence-electron chi connectivity index (χ4n) is 3.55. The van der Waals surface area contributed by atoms with Gasteiger partial charge in [0.25, 0.3) is 0 Å². The molecular weight excluding hydrogens is 410 g/mol. The number of nitrogens with one attached hydrogen (secondary N) is 1. The van der Waals surface area contributed by atoms with Crippen LogP contribution in [-0.4, -0.2) is 35.8 Å². The molecule has 0 atom stereocenters. The van der Waals surface area contributed by atoms with Gasteiger partial charge in [-0.05, 0) is 30.3 Å². The highest BCUT2D eigenvalue weighted by Crippen LogP contribution is 2.29. The first kappa shape index (κ1) is 20.9. The van der Waals surface area contributed by atoms with E-state index in [-0.39, 0.29) is 39.5 Å². The van der Waals surface area contributed by atoms with Gasteiger partial charge in [-0.15, -0.1) is 0 Å². The number of carbonyl (C=O) groups excluding carboxylic acids is 5. The number of hydrogen-bond donors (Lipinski definition) is 1. The molecule has 4 rings (SSSR count). The molecule has 1 N–H and O–H groups in total. The molecule has 1 aliphatic rings. The van der Waals surface area contributed by atoms with Gasteiger partial charge in [0, 0.05) is 40.4 Å². The van der Waals surface area contributed by atoms with Gasteiger partial charge in [-0.2, -0.15) is 0 Å². The third-order valence-corrected chi connectivity index (χ3v) is 5.03. The molecular formula is C25H17NO6. The first-order valence-electron chi connectivity index (χ1n) is 9.76. The topological polar surface area (TPSA) is 107 Å². The fourth-order valence-corrected chi connectivity index (χ4v) is 3.55. The van der Waals surface area contributed by atoms with Gasteiger partial charge in [-0.25, -0.2) is 4.79 Å².